The summed E-state index contributed by atoms with van der Waals surface area (Å²) in [5.74, 6) is 0.0822. The molecule has 0 aliphatic heterocycles. The van der Waals surface area contributed by atoms with E-state index in [1.54, 1.807) is 0 Å². The molecule has 2 aromatic rings. The average molecular weight is 334 g/mol. The van der Waals surface area contributed by atoms with Gasteiger partial charge in [-0.05, 0) is 39.9 Å². The van der Waals surface area contributed by atoms with E-state index in [2.05, 4.69) is 41.2 Å². The highest BCUT2D eigenvalue weighted by molar-refractivity contribution is 5.78. The molecule has 0 fully saturated rings. The van der Waals surface area contributed by atoms with Gasteiger partial charge in [-0.1, -0.05) is 13.8 Å². The molecule has 1 amide bonds. The van der Waals surface area contributed by atoms with Crippen molar-refractivity contribution in [3.63, 3.8) is 0 Å². The normalized spacial score (nSPS) is 11.5. The molecule has 1 N–H and O–H groups in total. The van der Waals surface area contributed by atoms with Crippen molar-refractivity contribution in [1.29, 1.82) is 0 Å². The summed E-state index contributed by atoms with van der Waals surface area (Å²) in [6.45, 7) is 13.7. The summed E-state index contributed by atoms with van der Waals surface area (Å²) in [5, 5.41) is 11.9. The van der Waals surface area contributed by atoms with E-state index in [0.717, 1.165) is 55.9 Å². The molecule has 7 nitrogen and oxygen atoms in total. The molecule has 134 valence electrons. The van der Waals surface area contributed by atoms with Crippen molar-refractivity contribution in [2.45, 2.75) is 53.6 Å². The number of aromatic nitrogens is 4. The zero-order chi connectivity index (χ0) is 17.5. The Morgan fingerprint density at radius 2 is 2.00 bits per heavy atom. The summed E-state index contributed by atoms with van der Waals surface area (Å²) in [7, 11) is 0. The van der Waals surface area contributed by atoms with Crippen molar-refractivity contribution in [2.75, 3.05) is 26.2 Å². The summed E-state index contributed by atoms with van der Waals surface area (Å²) < 4.78 is 3.83. The number of carbonyl (C=O) groups excluding carboxylic acids is 1. The minimum atomic E-state index is 0.0822. The number of nitrogens with one attached hydrogen (secondary N) is 1. The third-order valence-corrected chi connectivity index (χ3v) is 4.43. The Morgan fingerprint density at radius 3 is 2.67 bits per heavy atom. The fraction of sp³-hybridized carbons (Fsp3) is 0.706. The number of rotatable bonds is 10. The number of carbonyl (C=O) groups is 1. The maximum absolute atomic E-state index is 12.0. The van der Waals surface area contributed by atoms with E-state index in [0.29, 0.717) is 13.0 Å². The van der Waals surface area contributed by atoms with E-state index in [9.17, 15) is 4.79 Å². The van der Waals surface area contributed by atoms with Crippen LogP contribution in [0.25, 0.3) is 11.0 Å². The first kappa shape index (κ1) is 18.4. The van der Waals surface area contributed by atoms with Crippen LogP contribution in [0.4, 0.5) is 0 Å². The summed E-state index contributed by atoms with van der Waals surface area (Å²) in [5.41, 5.74) is 3.03. The van der Waals surface area contributed by atoms with Gasteiger partial charge < -0.3 is 10.2 Å². The Balaban J connectivity index is 1.79. The Hall–Kier alpha value is -1.89. The van der Waals surface area contributed by atoms with Crippen LogP contribution in [0, 0.1) is 6.92 Å². The van der Waals surface area contributed by atoms with Gasteiger partial charge in [-0.25, -0.2) is 0 Å². The molecule has 0 aliphatic rings. The minimum absolute atomic E-state index is 0.0822. The van der Waals surface area contributed by atoms with Gasteiger partial charge in [0.1, 0.15) is 11.0 Å². The van der Waals surface area contributed by atoms with E-state index >= 15 is 0 Å². The van der Waals surface area contributed by atoms with E-state index < -0.39 is 0 Å². The smallest absolute Gasteiger partial charge is 0.221 e. The van der Waals surface area contributed by atoms with Crippen molar-refractivity contribution in [3.8, 4) is 0 Å². The van der Waals surface area contributed by atoms with Crippen LogP contribution < -0.4 is 5.32 Å². The Labute approximate surface area is 144 Å². The first-order valence-corrected chi connectivity index (χ1v) is 8.98. The van der Waals surface area contributed by atoms with Crippen LogP contribution in [0.5, 0.6) is 0 Å². The molecule has 0 saturated carbocycles. The highest BCUT2D eigenvalue weighted by Gasteiger charge is 2.13. The number of aryl methyl sites for hydroxylation is 3. The SMILES string of the molecule is CCN(CC)CCCNC(=O)CCn1ncc2c1c(C)nn2CC. The molecular weight excluding hydrogens is 304 g/mol. The van der Waals surface area contributed by atoms with Crippen molar-refractivity contribution >= 4 is 16.9 Å². The molecule has 0 aromatic carbocycles. The first-order chi connectivity index (χ1) is 11.6. The average Bonchev–Trinajstić information content (AvgIpc) is 3.14. The molecule has 0 unspecified atom stereocenters. The minimum Gasteiger partial charge on any atom is -0.356 e. The maximum Gasteiger partial charge on any atom is 0.221 e. The quantitative estimate of drug-likeness (QED) is 0.673. The Morgan fingerprint density at radius 1 is 1.25 bits per heavy atom. The van der Waals surface area contributed by atoms with Gasteiger partial charge in [-0.3, -0.25) is 14.2 Å². The van der Waals surface area contributed by atoms with Crippen LogP contribution in [0.3, 0.4) is 0 Å². The van der Waals surface area contributed by atoms with Crippen LogP contribution in [0.2, 0.25) is 0 Å². The topological polar surface area (TPSA) is 68.0 Å². The summed E-state index contributed by atoms with van der Waals surface area (Å²) in [4.78, 5) is 14.4. The van der Waals surface area contributed by atoms with Crippen molar-refractivity contribution < 1.29 is 4.79 Å². The number of amides is 1. The van der Waals surface area contributed by atoms with Gasteiger partial charge >= 0.3 is 0 Å². The molecule has 24 heavy (non-hydrogen) atoms. The lowest BCUT2D eigenvalue weighted by molar-refractivity contribution is -0.121. The zero-order valence-electron chi connectivity index (χ0n) is 15.4. The standard InChI is InChI=1S/C17H30N6O/c1-5-21(6-2)11-8-10-18-16(24)9-12-23-17-14(4)20-22(7-3)15(17)13-19-23/h13H,5-12H2,1-4H3,(H,18,24). The lowest BCUT2D eigenvalue weighted by Crippen LogP contribution is -2.30. The third kappa shape index (κ3) is 4.35. The lowest BCUT2D eigenvalue weighted by atomic mass is 10.3. The number of fused-ring (bicyclic) bond motifs is 1. The fourth-order valence-corrected chi connectivity index (χ4v) is 3.00. The first-order valence-electron chi connectivity index (χ1n) is 8.98. The predicted octanol–water partition coefficient (Wildman–Crippen LogP) is 1.80. The van der Waals surface area contributed by atoms with Gasteiger partial charge in [-0.15, -0.1) is 0 Å². The molecular formula is C17H30N6O. The van der Waals surface area contributed by atoms with Gasteiger partial charge in [0.15, 0.2) is 0 Å². The van der Waals surface area contributed by atoms with Gasteiger partial charge in [0.05, 0.1) is 18.4 Å². The maximum atomic E-state index is 12.0. The van der Waals surface area contributed by atoms with Crippen molar-refractivity contribution in [1.82, 2.24) is 29.8 Å². The summed E-state index contributed by atoms with van der Waals surface area (Å²) >= 11 is 0. The van der Waals surface area contributed by atoms with Crippen LogP contribution in [0.15, 0.2) is 6.20 Å². The lowest BCUT2D eigenvalue weighted by Gasteiger charge is -2.17. The summed E-state index contributed by atoms with van der Waals surface area (Å²) in [6, 6.07) is 0. The monoisotopic (exact) mass is 334 g/mol. The van der Waals surface area contributed by atoms with Crippen LogP contribution in [-0.2, 0) is 17.9 Å². The van der Waals surface area contributed by atoms with Crippen molar-refractivity contribution in [2.24, 2.45) is 0 Å². The number of hydrogen-bond acceptors (Lipinski definition) is 4. The molecule has 2 aromatic heterocycles. The second-order valence-electron chi connectivity index (χ2n) is 5.98. The van der Waals surface area contributed by atoms with E-state index in [4.69, 9.17) is 0 Å². The van der Waals surface area contributed by atoms with Gasteiger partial charge in [0.25, 0.3) is 0 Å². The van der Waals surface area contributed by atoms with Crippen LogP contribution in [-0.4, -0.2) is 56.5 Å². The molecule has 0 atom stereocenters. The molecule has 0 aliphatic carbocycles. The molecule has 0 bridgehead atoms. The third-order valence-electron chi connectivity index (χ3n) is 4.43. The largest absolute Gasteiger partial charge is 0.356 e. The zero-order valence-corrected chi connectivity index (χ0v) is 15.4. The Kier molecular flexibility index (Phi) is 6.78. The van der Waals surface area contributed by atoms with Crippen LogP contribution >= 0.6 is 0 Å². The highest BCUT2D eigenvalue weighted by Crippen LogP contribution is 2.17. The number of hydrogen-bond donors (Lipinski definition) is 1. The number of nitrogens with zero attached hydrogens (tertiary/aromatic N) is 5. The van der Waals surface area contributed by atoms with Crippen LogP contribution in [0.1, 0.15) is 39.3 Å². The predicted molar refractivity (Wildman–Crippen MR) is 96.0 cm³/mol. The second kappa shape index (κ2) is 8.82. The van der Waals surface area contributed by atoms with E-state index in [1.807, 2.05) is 22.5 Å². The van der Waals surface area contributed by atoms with E-state index in [1.165, 1.54) is 0 Å². The molecule has 2 rings (SSSR count). The van der Waals surface area contributed by atoms with Crippen molar-refractivity contribution in [3.05, 3.63) is 11.9 Å². The molecule has 7 heteroatoms. The summed E-state index contributed by atoms with van der Waals surface area (Å²) in [6.07, 6.45) is 3.27. The van der Waals surface area contributed by atoms with Gasteiger partial charge in [0, 0.05) is 19.5 Å². The molecule has 2 heterocycles. The fourth-order valence-electron chi connectivity index (χ4n) is 3.00. The Bertz CT molecular complexity index is 655. The molecule has 0 radical (unpaired) electrons. The van der Waals surface area contributed by atoms with Gasteiger partial charge in [0.2, 0.25) is 5.91 Å². The highest BCUT2D eigenvalue weighted by atomic mass is 16.1. The molecule has 0 saturated heterocycles. The van der Waals surface area contributed by atoms with E-state index in [-0.39, 0.29) is 5.91 Å². The van der Waals surface area contributed by atoms with Gasteiger partial charge in [-0.2, -0.15) is 10.2 Å². The second-order valence-corrected chi connectivity index (χ2v) is 5.98. The molecule has 0 spiro atoms.